The molecule has 9 heteroatoms. The molecule has 2 aromatic carbocycles. The van der Waals surface area contributed by atoms with Gasteiger partial charge in [0.2, 0.25) is 0 Å². The first-order valence-electron chi connectivity index (χ1n) is 8.96. The summed E-state index contributed by atoms with van der Waals surface area (Å²) in [5.74, 6) is -0.0360. The number of amides is 1. The number of ether oxygens (including phenoxy) is 2. The van der Waals surface area contributed by atoms with E-state index in [-0.39, 0.29) is 23.4 Å². The van der Waals surface area contributed by atoms with Crippen molar-refractivity contribution >= 4 is 39.7 Å². The van der Waals surface area contributed by atoms with Gasteiger partial charge in [-0.25, -0.2) is 9.37 Å². The minimum absolute atomic E-state index is 0.103. The number of carbonyl (C=O) groups excluding carboxylic acids is 1. The third-order valence-corrected chi connectivity index (χ3v) is 5.30. The second-order valence-corrected chi connectivity index (χ2v) is 7.64. The van der Waals surface area contributed by atoms with E-state index in [1.165, 1.54) is 30.6 Å². The lowest BCUT2D eigenvalue weighted by Gasteiger charge is -2.11. The standard InChI is InChI=1S/C21H20FN3O3S2/c1-12-5-4-6-17(13(12)2)28-10-19(26)24-20(29)25-21-23-16(11-30-21)14-7-8-18(27-3)15(22)9-14/h4-9,11H,10H2,1-3H3,(H2,23,24,25,26,29). The number of rotatable bonds is 6. The van der Waals surface area contributed by atoms with Gasteiger partial charge in [0, 0.05) is 10.9 Å². The Morgan fingerprint density at radius 2 is 2.03 bits per heavy atom. The van der Waals surface area contributed by atoms with Crippen molar-refractivity contribution in [1.82, 2.24) is 10.3 Å². The van der Waals surface area contributed by atoms with E-state index in [1.807, 2.05) is 32.0 Å². The number of benzene rings is 2. The maximum atomic E-state index is 13.9. The number of halogens is 1. The van der Waals surface area contributed by atoms with Gasteiger partial charge in [0.15, 0.2) is 28.4 Å². The summed E-state index contributed by atoms with van der Waals surface area (Å²) in [5.41, 5.74) is 3.25. The first-order valence-corrected chi connectivity index (χ1v) is 10.3. The van der Waals surface area contributed by atoms with Gasteiger partial charge in [0.05, 0.1) is 12.8 Å². The van der Waals surface area contributed by atoms with Crippen molar-refractivity contribution < 1.29 is 18.7 Å². The van der Waals surface area contributed by atoms with E-state index >= 15 is 0 Å². The third-order valence-electron chi connectivity index (χ3n) is 4.34. The van der Waals surface area contributed by atoms with Gasteiger partial charge in [-0.15, -0.1) is 11.3 Å². The fourth-order valence-electron chi connectivity index (χ4n) is 2.60. The van der Waals surface area contributed by atoms with Crippen LogP contribution in [-0.4, -0.2) is 29.7 Å². The molecule has 0 unspecified atom stereocenters. The summed E-state index contributed by atoms with van der Waals surface area (Å²) in [6.07, 6.45) is 0. The number of thiocarbonyl (C=S) groups is 1. The highest BCUT2D eigenvalue weighted by molar-refractivity contribution is 7.80. The average Bonchev–Trinajstić information content (AvgIpc) is 3.17. The highest BCUT2D eigenvalue weighted by Gasteiger charge is 2.12. The van der Waals surface area contributed by atoms with Gasteiger partial charge in [-0.1, -0.05) is 12.1 Å². The number of aromatic nitrogens is 1. The maximum Gasteiger partial charge on any atom is 0.264 e. The van der Waals surface area contributed by atoms with Crippen LogP contribution in [0.5, 0.6) is 11.5 Å². The molecule has 156 valence electrons. The Morgan fingerprint density at radius 1 is 1.23 bits per heavy atom. The van der Waals surface area contributed by atoms with Crippen molar-refractivity contribution in [3.63, 3.8) is 0 Å². The second kappa shape index (κ2) is 9.64. The summed E-state index contributed by atoms with van der Waals surface area (Å²) in [4.78, 5) is 16.5. The Morgan fingerprint density at radius 3 is 2.77 bits per heavy atom. The van der Waals surface area contributed by atoms with Crippen molar-refractivity contribution in [3.05, 3.63) is 58.7 Å². The average molecular weight is 446 g/mol. The third kappa shape index (κ3) is 5.31. The van der Waals surface area contributed by atoms with Crippen LogP contribution in [-0.2, 0) is 4.79 Å². The lowest BCUT2D eigenvalue weighted by atomic mass is 10.1. The molecule has 1 aromatic heterocycles. The summed E-state index contributed by atoms with van der Waals surface area (Å²) in [6, 6.07) is 10.3. The van der Waals surface area contributed by atoms with E-state index in [0.717, 1.165) is 11.1 Å². The molecule has 0 spiro atoms. The van der Waals surface area contributed by atoms with E-state index in [1.54, 1.807) is 11.4 Å². The molecular formula is C21H20FN3O3S2. The number of anilines is 1. The van der Waals surface area contributed by atoms with Crippen LogP contribution in [0, 0.1) is 19.7 Å². The van der Waals surface area contributed by atoms with Gasteiger partial charge in [0.1, 0.15) is 5.75 Å². The molecule has 1 heterocycles. The minimum Gasteiger partial charge on any atom is -0.494 e. The number of thiazole rings is 1. The van der Waals surface area contributed by atoms with Crippen molar-refractivity contribution in [3.8, 4) is 22.8 Å². The smallest absolute Gasteiger partial charge is 0.264 e. The minimum atomic E-state index is -0.468. The molecule has 0 fully saturated rings. The first kappa shape index (κ1) is 21.7. The van der Waals surface area contributed by atoms with Crippen molar-refractivity contribution in [2.75, 3.05) is 19.0 Å². The molecule has 0 saturated heterocycles. The van der Waals surface area contributed by atoms with Crippen LogP contribution < -0.4 is 20.1 Å². The molecule has 3 rings (SSSR count). The summed E-state index contributed by atoms with van der Waals surface area (Å²) in [6.45, 7) is 3.74. The van der Waals surface area contributed by atoms with Gasteiger partial charge >= 0.3 is 0 Å². The van der Waals surface area contributed by atoms with Gasteiger partial charge < -0.3 is 14.8 Å². The molecule has 0 saturated carbocycles. The van der Waals surface area contributed by atoms with Gasteiger partial charge in [-0.2, -0.15) is 0 Å². The van der Waals surface area contributed by atoms with Gasteiger partial charge in [-0.3, -0.25) is 10.1 Å². The normalized spacial score (nSPS) is 10.4. The fraction of sp³-hybridized carbons (Fsp3) is 0.190. The predicted octanol–water partition coefficient (Wildman–Crippen LogP) is 4.47. The number of nitrogens with zero attached hydrogens (tertiary/aromatic N) is 1. The van der Waals surface area contributed by atoms with Crippen LogP contribution in [0.2, 0.25) is 0 Å². The first-order chi connectivity index (χ1) is 14.4. The van der Waals surface area contributed by atoms with Crippen LogP contribution in [0.25, 0.3) is 11.3 Å². The molecule has 6 nitrogen and oxygen atoms in total. The topological polar surface area (TPSA) is 72.5 Å². The largest absolute Gasteiger partial charge is 0.494 e. The van der Waals surface area contributed by atoms with E-state index in [9.17, 15) is 9.18 Å². The van der Waals surface area contributed by atoms with E-state index in [4.69, 9.17) is 21.7 Å². The zero-order chi connectivity index (χ0) is 21.7. The highest BCUT2D eigenvalue weighted by atomic mass is 32.1. The fourth-order valence-corrected chi connectivity index (χ4v) is 3.60. The Hall–Kier alpha value is -3.04. The predicted molar refractivity (Wildman–Crippen MR) is 120 cm³/mol. The lowest BCUT2D eigenvalue weighted by Crippen LogP contribution is -2.37. The highest BCUT2D eigenvalue weighted by Crippen LogP contribution is 2.28. The van der Waals surface area contributed by atoms with Crippen molar-refractivity contribution in [2.24, 2.45) is 0 Å². The number of methoxy groups -OCH3 is 1. The summed E-state index contributed by atoms with van der Waals surface area (Å²) in [5, 5.41) is 7.74. The van der Waals surface area contributed by atoms with E-state index in [0.29, 0.717) is 22.1 Å². The zero-order valence-electron chi connectivity index (χ0n) is 16.6. The number of nitrogens with one attached hydrogen (secondary N) is 2. The van der Waals surface area contributed by atoms with Gasteiger partial charge in [0.25, 0.3) is 5.91 Å². The SMILES string of the molecule is COc1ccc(-c2csc(NC(=S)NC(=O)COc3cccc(C)c3C)n2)cc1F. The van der Waals surface area contributed by atoms with E-state index in [2.05, 4.69) is 15.6 Å². The molecule has 3 aromatic rings. The molecule has 0 aliphatic rings. The summed E-state index contributed by atoms with van der Waals surface area (Å²) >= 11 is 6.44. The van der Waals surface area contributed by atoms with Crippen LogP contribution in [0.15, 0.2) is 41.8 Å². The van der Waals surface area contributed by atoms with Crippen LogP contribution in [0.3, 0.4) is 0 Å². The lowest BCUT2D eigenvalue weighted by molar-refractivity contribution is -0.121. The van der Waals surface area contributed by atoms with Crippen molar-refractivity contribution in [1.29, 1.82) is 0 Å². The molecule has 1 amide bonds. The Balaban J connectivity index is 1.54. The Bertz CT molecular complexity index is 1090. The van der Waals surface area contributed by atoms with Crippen LogP contribution in [0.1, 0.15) is 11.1 Å². The Kier molecular flexibility index (Phi) is 6.96. The van der Waals surface area contributed by atoms with Crippen LogP contribution in [0.4, 0.5) is 9.52 Å². The summed E-state index contributed by atoms with van der Waals surface area (Å²) < 4.78 is 24.4. The molecule has 0 radical (unpaired) electrons. The molecular weight excluding hydrogens is 425 g/mol. The number of hydrogen-bond acceptors (Lipinski definition) is 6. The molecule has 2 N–H and O–H groups in total. The maximum absolute atomic E-state index is 13.9. The number of aryl methyl sites for hydroxylation is 1. The number of hydrogen-bond donors (Lipinski definition) is 2. The van der Waals surface area contributed by atoms with Gasteiger partial charge in [-0.05, 0) is 61.5 Å². The number of carbonyl (C=O) groups is 1. The second-order valence-electron chi connectivity index (χ2n) is 6.38. The Labute approximate surface area is 183 Å². The van der Waals surface area contributed by atoms with Crippen molar-refractivity contribution in [2.45, 2.75) is 13.8 Å². The molecule has 0 aliphatic carbocycles. The summed E-state index contributed by atoms with van der Waals surface area (Å²) in [7, 11) is 1.41. The molecule has 0 bridgehead atoms. The molecule has 30 heavy (non-hydrogen) atoms. The molecule has 0 atom stereocenters. The molecule has 0 aliphatic heterocycles. The zero-order valence-corrected chi connectivity index (χ0v) is 18.2. The quantitative estimate of drug-likeness (QED) is 0.546. The monoisotopic (exact) mass is 445 g/mol. The van der Waals surface area contributed by atoms with E-state index < -0.39 is 5.82 Å². The van der Waals surface area contributed by atoms with Crippen LogP contribution >= 0.6 is 23.6 Å².